The summed E-state index contributed by atoms with van der Waals surface area (Å²) in [5.41, 5.74) is 0.937. The number of hydrogen-bond acceptors (Lipinski definition) is 3. The van der Waals surface area contributed by atoms with Crippen LogP contribution in [0.1, 0.15) is 31.4 Å². The predicted octanol–water partition coefficient (Wildman–Crippen LogP) is 2.40. The highest BCUT2D eigenvalue weighted by molar-refractivity contribution is 6.30. The van der Waals surface area contributed by atoms with E-state index in [4.69, 9.17) is 16.3 Å². The molecule has 1 aromatic carbocycles. The van der Waals surface area contributed by atoms with Gasteiger partial charge in [-0.05, 0) is 30.5 Å². The van der Waals surface area contributed by atoms with Crippen LogP contribution in [-0.2, 0) is 14.3 Å². The van der Waals surface area contributed by atoms with Gasteiger partial charge >= 0.3 is 0 Å². The lowest BCUT2D eigenvalue weighted by molar-refractivity contribution is -0.134. The van der Waals surface area contributed by atoms with Crippen molar-refractivity contribution in [1.29, 1.82) is 0 Å². The van der Waals surface area contributed by atoms with E-state index >= 15 is 0 Å². The highest BCUT2D eigenvalue weighted by Gasteiger charge is 2.26. The molecular formula is C17H23ClN2O3. The summed E-state index contributed by atoms with van der Waals surface area (Å²) >= 11 is 5.99. The third-order valence-electron chi connectivity index (χ3n) is 4.28. The summed E-state index contributed by atoms with van der Waals surface area (Å²) < 4.78 is 5.45. The molecule has 126 valence electrons. The molecule has 5 nitrogen and oxygen atoms in total. The van der Waals surface area contributed by atoms with Crippen LogP contribution in [-0.4, -0.2) is 43.5 Å². The zero-order chi connectivity index (χ0) is 16.8. The summed E-state index contributed by atoms with van der Waals surface area (Å²) in [6.45, 7) is 3.27. The van der Waals surface area contributed by atoms with Crippen LogP contribution >= 0.6 is 11.6 Å². The highest BCUT2D eigenvalue weighted by Crippen LogP contribution is 2.21. The van der Waals surface area contributed by atoms with Crippen molar-refractivity contribution in [2.75, 3.05) is 26.7 Å². The Morgan fingerprint density at radius 3 is 2.65 bits per heavy atom. The SMILES string of the molecule is CO[C@@H](CNC(=O)C1CCN(C(C)=O)CC1)c1cccc(Cl)c1. The molecule has 1 aliphatic rings. The van der Waals surface area contributed by atoms with Crippen molar-refractivity contribution >= 4 is 23.4 Å². The molecule has 1 N–H and O–H groups in total. The number of nitrogens with one attached hydrogen (secondary N) is 1. The molecule has 6 heteroatoms. The number of carbonyl (C=O) groups is 2. The molecule has 2 rings (SSSR count). The van der Waals surface area contributed by atoms with Crippen LogP contribution in [0, 0.1) is 5.92 Å². The predicted molar refractivity (Wildman–Crippen MR) is 89.2 cm³/mol. The molecule has 0 bridgehead atoms. The second-order valence-corrected chi connectivity index (χ2v) is 6.24. The van der Waals surface area contributed by atoms with Gasteiger partial charge < -0.3 is 15.0 Å². The molecule has 0 aliphatic carbocycles. The van der Waals surface area contributed by atoms with Crippen LogP contribution in [0.15, 0.2) is 24.3 Å². The molecule has 1 atom stereocenters. The first-order valence-corrected chi connectivity index (χ1v) is 8.20. The molecule has 0 radical (unpaired) electrons. The van der Waals surface area contributed by atoms with E-state index in [0.29, 0.717) is 37.5 Å². The number of nitrogens with zero attached hydrogens (tertiary/aromatic N) is 1. The monoisotopic (exact) mass is 338 g/mol. The van der Waals surface area contributed by atoms with Gasteiger partial charge in [0, 0.05) is 44.6 Å². The second kappa shape index (κ2) is 8.31. The van der Waals surface area contributed by atoms with Gasteiger partial charge in [0.15, 0.2) is 0 Å². The number of halogens is 1. The standard InChI is InChI=1S/C17H23ClN2O3/c1-12(21)20-8-6-13(7-9-20)17(22)19-11-16(23-2)14-4-3-5-15(18)10-14/h3-5,10,13,16H,6-9,11H2,1-2H3,(H,19,22)/t16-/m0/s1. The molecule has 0 unspecified atom stereocenters. The van der Waals surface area contributed by atoms with Crippen LogP contribution in [0.4, 0.5) is 0 Å². The van der Waals surface area contributed by atoms with Crippen LogP contribution < -0.4 is 5.32 Å². The Labute approximate surface area is 141 Å². The third-order valence-corrected chi connectivity index (χ3v) is 4.51. The minimum atomic E-state index is -0.227. The topological polar surface area (TPSA) is 58.6 Å². The van der Waals surface area contributed by atoms with E-state index in [2.05, 4.69) is 5.32 Å². The van der Waals surface area contributed by atoms with Crippen LogP contribution in [0.25, 0.3) is 0 Å². The van der Waals surface area contributed by atoms with Crippen molar-refractivity contribution in [3.05, 3.63) is 34.9 Å². The van der Waals surface area contributed by atoms with Crippen LogP contribution in [0.3, 0.4) is 0 Å². The van der Waals surface area contributed by atoms with Gasteiger partial charge in [0.25, 0.3) is 0 Å². The first-order chi connectivity index (χ1) is 11.0. The first kappa shape index (κ1) is 17.8. The summed E-state index contributed by atoms with van der Waals surface area (Å²) in [7, 11) is 1.61. The Morgan fingerprint density at radius 2 is 2.09 bits per heavy atom. The van der Waals surface area contributed by atoms with E-state index in [1.165, 1.54) is 0 Å². The van der Waals surface area contributed by atoms with E-state index in [1.807, 2.05) is 18.2 Å². The van der Waals surface area contributed by atoms with Crippen LogP contribution in [0.2, 0.25) is 5.02 Å². The Kier molecular flexibility index (Phi) is 6.42. The first-order valence-electron chi connectivity index (χ1n) is 7.82. The molecule has 1 aliphatic heterocycles. The lowest BCUT2D eigenvalue weighted by Gasteiger charge is -2.30. The van der Waals surface area contributed by atoms with Crippen molar-refractivity contribution < 1.29 is 14.3 Å². The van der Waals surface area contributed by atoms with Crippen LogP contribution in [0.5, 0.6) is 0 Å². The fourth-order valence-electron chi connectivity index (χ4n) is 2.84. The van der Waals surface area contributed by atoms with Gasteiger partial charge in [0.1, 0.15) is 0 Å². The highest BCUT2D eigenvalue weighted by atomic mass is 35.5. The zero-order valence-corrected chi connectivity index (χ0v) is 14.3. The Morgan fingerprint density at radius 1 is 1.39 bits per heavy atom. The number of amides is 2. The number of hydrogen-bond donors (Lipinski definition) is 1. The Balaban J connectivity index is 1.85. The van der Waals surface area contributed by atoms with Crippen molar-refractivity contribution in [2.24, 2.45) is 5.92 Å². The molecule has 1 fully saturated rings. The summed E-state index contributed by atoms with van der Waals surface area (Å²) in [5, 5.41) is 3.60. The summed E-state index contributed by atoms with van der Waals surface area (Å²) in [5.74, 6) is 0.0593. The number of rotatable bonds is 5. The fourth-order valence-corrected chi connectivity index (χ4v) is 3.04. The Bertz CT molecular complexity index is 557. The van der Waals surface area contributed by atoms with E-state index < -0.39 is 0 Å². The van der Waals surface area contributed by atoms with E-state index in [1.54, 1.807) is 25.0 Å². The largest absolute Gasteiger partial charge is 0.375 e. The second-order valence-electron chi connectivity index (χ2n) is 5.80. The van der Waals surface area contributed by atoms with Gasteiger partial charge in [-0.15, -0.1) is 0 Å². The van der Waals surface area contributed by atoms with Gasteiger partial charge in [-0.3, -0.25) is 9.59 Å². The third kappa shape index (κ3) is 4.94. The molecule has 0 saturated carbocycles. The lowest BCUT2D eigenvalue weighted by Crippen LogP contribution is -2.43. The quantitative estimate of drug-likeness (QED) is 0.897. The molecule has 1 saturated heterocycles. The number of piperidine rings is 1. The lowest BCUT2D eigenvalue weighted by atomic mass is 9.95. The summed E-state index contributed by atoms with van der Waals surface area (Å²) in [6, 6.07) is 7.44. The molecule has 23 heavy (non-hydrogen) atoms. The van der Waals surface area contributed by atoms with Gasteiger partial charge in [-0.1, -0.05) is 23.7 Å². The van der Waals surface area contributed by atoms with Crippen molar-refractivity contribution in [2.45, 2.75) is 25.9 Å². The number of carbonyl (C=O) groups excluding carboxylic acids is 2. The maximum absolute atomic E-state index is 12.3. The van der Waals surface area contributed by atoms with E-state index in [9.17, 15) is 9.59 Å². The number of ether oxygens (including phenoxy) is 1. The van der Waals surface area contributed by atoms with Crippen molar-refractivity contribution in [3.63, 3.8) is 0 Å². The minimum absolute atomic E-state index is 0.0253. The summed E-state index contributed by atoms with van der Waals surface area (Å²) in [6.07, 6.45) is 1.19. The molecule has 0 spiro atoms. The smallest absolute Gasteiger partial charge is 0.223 e. The van der Waals surface area contributed by atoms with Gasteiger partial charge in [-0.25, -0.2) is 0 Å². The molecule has 1 aromatic rings. The summed E-state index contributed by atoms with van der Waals surface area (Å²) in [4.78, 5) is 25.4. The minimum Gasteiger partial charge on any atom is -0.375 e. The number of likely N-dealkylation sites (tertiary alicyclic amines) is 1. The average Bonchev–Trinajstić information content (AvgIpc) is 2.55. The van der Waals surface area contributed by atoms with Gasteiger partial charge in [0.05, 0.1) is 6.10 Å². The average molecular weight is 339 g/mol. The van der Waals surface area contributed by atoms with Gasteiger partial charge in [0.2, 0.25) is 11.8 Å². The van der Waals surface area contributed by atoms with E-state index in [-0.39, 0.29) is 23.8 Å². The fraction of sp³-hybridized carbons (Fsp3) is 0.529. The molecule has 0 aromatic heterocycles. The molecule has 2 amide bonds. The molecular weight excluding hydrogens is 316 g/mol. The van der Waals surface area contributed by atoms with Crippen molar-refractivity contribution in [1.82, 2.24) is 10.2 Å². The normalized spacial score (nSPS) is 16.9. The number of methoxy groups -OCH3 is 1. The van der Waals surface area contributed by atoms with Gasteiger partial charge in [-0.2, -0.15) is 0 Å². The Hall–Kier alpha value is -1.59. The molecule has 1 heterocycles. The maximum atomic E-state index is 12.3. The zero-order valence-electron chi connectivity index (χ0n) is 13.5. The van der Waals surface area contributed by atoms with E-state index in [0.717, 1.165) is 5.56 Å². The number of benzene rings is 1. The van der Waals surface area contributed by atoms with Crippen molar-refractivity contribution in [3.8, 4) is 0 Å². The maximum Gasteiger partial charge on any atom is 0.223 e.